The maximum Gasteiger partial charge on any atom is 0.161 e. The predicted molar refractivity (Wildman–Crippen MR) is 129 cm³/mol. The fraction of sp³-hybridized carbons (Fsp3) is 0.259. The van der Waals surface area contributed by atoms with Crippen LogP contribution < -0.4 is 9.64 Å². The Labute approximate surface area is 196 Å². The van der Waals surface area contributed by atoms with E-state index in [2.05, 4.69) is 28.2 Å². The molecule has 1 spiro atoms. The second-order valence-corrected chi connectivity index (χ2v) is 9.39. The van der Waals surface area contributed by atoms with Gasteiger partial charge in [-0.15, -0.1) is 0 Å². The Morgan fingerprint density at radius 1 is 0.971 bits per heavy atom. The molecule has 0 saturated carbocycles. The molecule has 7 rings (SSSR count). The fourth-order valence-corrected chi connectivity index (χ4v) is 5.65. The molecular formula is C27H24FN5O. The number of nitrogens with zero attached hydrogens (tertiary/aromatic N) is 5. The quantitative estimate of drug-likeness (QED) is 0.373. The molecule has 1 saturated heterocycles. The Hall–Kier alpha value is -3.87. The van der Waals surface area contributed by atoms with Crippen LogP contribution in [0.1, 0.15) is 24.1 Å². The minimum absolute atomic E-state index is 0.118. The first kappa shape index (κ1) is 19.6. The number of aryl methyl sites for hydroxylation is 1. The lowest BCUT2D eigenvalue weighted by Crippen LogP contribution is -2.47. The van der Waals surface area contributed by atoms with Crippen molar-refractivity contribution in [1.29, 1.82) is 0 Å². The van der Waals surface area contributed by atoms with Crippen LogP contribution in [-0.2, 0) is 6.42 Å². The third kappa shape index (κ3) is 2.79. The number of fused-ring (bicyclic) bond motifs is 3. The molecule has 7 heteroatoms. The Morgan fingerprint density at radius 3 is 2.62 bits per heavy atom. The Balaban J connectivity index is 1.25. The maximum absolute atomic E-state index is 14.7. The summed E-state index contributed by atoms with van der Waals surface area (Å²) in [6.45, 7) is 3.69. The average Bonchev–Trinajstić information content (AvgIpc) is 3.55. The topological polar surface area (TPSA) is 47.6 Å². The fourth-order valence-electron chi connectivity index (χ4n) is 5.65. The van der Waals surface area contributed by atoms with E-state index in [1.165, 1.54) is 11.8 Å². The van der Waals surface area contributed by atoms with Crippen molar-refractivity contribution in [2.45, 2.75) is 31.8 Å². The van der Waals surface area contributed by atoms with Crippen LogP contribution in [0.3, 0.4) is 0 Å². The van der Waals surface area contributed by atoms with Gasteiger partial charge in [-0.3, -0.25) is 4.57 Å². The monoisotopic (exact) mass is 453 g/mol. The van der Waals surface area contributed by atoms with Gasteiger partial charge in [-0.25, -0.2) is 13.9 Å². The van der Waals surface area contributed by atoms with Crippen LogP contribution in [-0.4, -0.2) is 37.9 Å². The number of hydrogen-bond acceptors (Lipinski definition) is 4. The zero-order chi connectivity index (χ0) is 22.9. The van der Waals surface area contributed by atoms with Crippen LogP contribution in [0, 0.1) is 12.7 Å². The van der Waals surface area contributed by atoms with Gasteiger partial charge >= 0.3 is 0 Å². The van der Waals surface area contributed by atoms with Crippen molar-refractivity contribution in [3.05, 3.63) is 84.1 Å². The summed E-state index contributed by atoms with van der Waals surface area (Å²) in [6.07, 6.45) is 6.16. The van der Waals surface area contributed by atoms with Crippen LogP contribution in [0.2, 0.25) is 0 Å². The smallest absolute Gasteiger partial charge is 0.161 e. The molecule has 170 valence electrons. The highest BCUT2D eigenvalue weighted by atomic mass is 19.1. The molecule has 0 amide bonds. The molecule has 3 aromatic heterocycles. The van der Waals surface area contributed by atoms with Crippen molar-refractivity contribution < 1.29 is 9.13 Å². The zero-order valence-electron chi connectivity index (χ0n) is 18.9. The molecule has 0 unspecified atom stereocenters. The van der Waals surface area contributed by atoms with Gasteiger partial charge in [-0.2, -0.15) is 5.10 Å². The summed E-state index contributed by atoms with van der Waals surface area (Å²) in [7, 11) is 0. The second-order valence-electron chi connectivity index (χ2n) is 9.39. The van der Waals surface area contributed by atoms with Gasteiger partial charge in [0.2, 0.25) is 0 Å². The minimum Gasteiger partial charge on any atom is -0.487 e. The highest BCUT2D eigenvalue weighted by Gasteiger charge is 2.42. The molecular weight excluding hydrogens is 429 g/mol. The van der Waals surface area contributed by atoms with Gasteiger partial charge in [-0.1, -0.05) is 30.3 Å². The number of aromatic nitrogens is 4. The number of piperidine rings is 1. The second kappa shape index (κ2) is 7.06. The number of halogens is 1. The summed E-state index contributed by atoms with van der Waals surface area (Å²) in [6, 6.07) is 17.8. The van der Waals surface area contributed by atoms with E-state index in [0.717, 1.165) is 66.5 Å². The first-order valence-electron chi connectivity index (χ1n) is 11.7. The van der Waals surface area contributed by atoms with Crippen molar-refractivity contribution in [1.82, 2.24) is 19.2 Å². The Bertz CT molecular complexity index is 1530. The Kier molecular flexibility index (Phi) is 4.07. The number of benzene rings is 2. The highest BCUT2D eigenvalue weighted by Crippen LogP contribution is 2.42. The molecule has 0 atom stereocenters. The van der Waals surface area contributed by atoms with Gasteiger partial charge in [-0.05, 0) is 36.8 Å². The molecule has 6 nitrogen and oxygen atoms in total. The summed E-state index contributed by atoms with van der Waals surface area (Å²) >= 11 is 0. The Morgan fingerprint density at radius 2 is 1.76 bits per heavy atom. The molecule has 2 aliphatic heterocycles. The van der Waals surface area contributed by atoms with E-state index in [9.17, 15) is 4.39 Å². The van der Waals surface area contributed by atoms with Crippen LogP contribution in [0.15, 0.2) is 67.0 Å². The van der Waals surface area contributed by atoms with E-state index >= 15 is 0 Å². The summed E-state index contributed by atoms with van der Waals surface area (Å²) in [5.74, 6) is 2.45. The van der Waals surface area contributed by atoms with E-state index < -0.39 is 0 Å². The largest absolute Gasteiger partial charge is 0.487 e. The van der Waals surface area contributed by atoms with Gasteiger partial charge in [0.05, 0.1) is 17.4 Å². The number of rotatable bonds is 2. The molecule has 0 N–H and O–H groups in total. The van der Waals surface area contributed by atoms with Crippen LogP contribution in [0.4, 0.5) is 10.2 Å². The van der Waals surface area contributed by atoms with Gasteiger partial charge in [0.15, 0.2) is 11.6 Å². The van der Waals surface area contributed by atoms with Gasteiger partial charge < -0.3 is 9.64 Å². The minimum atomic E-state index is -0.252. The lowest BCUT2D eigenvalue weighted by molar-refractivity contribution is 0.0667. The molecule has 2 aliphatic rings. The summed E-state index contributed by atoms with van der Waals surface area (Å²) in [5.41, 5.74) is 3.71. The number of hydrogen-bond donors (Lipinski definition) is 0. The van der Waals surface area contributed by atoms with E-state index in [0.29, 0.717) is 5.39 Å². The molecule has 1 fully saturated rings. The standard InChI is InChI=1S/C27H24FN5O/c1-18-26(32-17-21(28)20-7-3-4-8-22(20)32)33-23(10-13-29-33)25(30-18)31-14-11-27(12-15-31)16-19-6-2-5-9-24(19)34-27/h2-10,13,17H,11-12,14-16H2,1H3. The van der Waals surface area contributed by atoms with Crippen molar-refractivity contribution in [3.63, 3.8) is 0 Å². The SMILES string of the molecule is Cc1nc(N2CCC3(CC2)Cc2ccccc2O3)c2ccnn2c1-n1cc(F)c2ccccc21. The molecule has 0 bridgehead atoms. The first-order valence-corrected chi connectivity index (χ1v) is 11.7. The van der Waals surface area contributed by atoms with E-state index in [1.807, 2.05) is 46.3 Å². The molecule has 0 radical (unpaired) electrons. The third-order valence-electron chi connectivity index (χ3n) is 7.35. The normalized spacial score (nSPS) is 16.9. The molecule has 5 aromatic rings. The number of para-hydroxylation sites is 2. The predicted octanol–water partition coefficient (Wildman–Crippen LogP) is 5.09. The summed E-state index contributed by atoms with van der Waals surface area (Å²) in [4.78, 5) is 7.36. The number of ether oxygens (including phenoxy) is 1. The number of anilines is 1. The molecule has 34 heavy (non-hydrogen) atoms. The zero-order valence-corrected chi connectivity index (χ0v) is 18.9. The van der Waals surface area contributed by atoms with Gasteiger partial charge in [0.1, 0.15) is 22.7 Å². The lowest BCUT2D eigenvalue weighted by Gasteiger charge is -2.39. The molecule has 5 heterocycles. The van der Waals surface area contributed by atoms with Crippen LogP contribution >= 0.6 is 0 Å². The van der Waals surface area contributed by atoms with Crippen molar-refractivity contribution in [2.75, 3.05) is 18.0 Å². The molecule has 0 aliphatic carbocycles. The van der Waals surface area contributed by atoms with Gasteiger partial charge in [0.25, 0.3) is 0 Å². The van der Waals surface area contributed by atoms with Crippen molar-refractivity contribution in [2.24, 2.45) is 0 Å². The van der Waals surface area contributed by atoms with E-state index in [1.54, 1.807) is 12.3 Å². The van der Waals surface area contributed by atoms with Crippen LogP contribution in [0.25, 0.3) is 22.2 Å². The lowest BCUT2D eigenvalue weighted by atomic mass is 9.87. The molecule has 2 aromatic carbocycles. The average molecular weight is 454 g/mol. The summed E-state index contributed by atoms with van der Waals surface area (Å²) in [5, 5.41) is 5.20. The summed E-state index contributed by atoms with van der Waals surface area (Å²) < 4.78 is 24.8. The first-order chi connectivity index (χ1) is 16.6. The van der Waals surface area contributed by atoms with E-state index in [-0.39, 0.29) is 11.4 Å². The van der Waals surface area contributed by atoms with Gasteiger partial charge in [0, 0.05) is 43.9 Å². The maximum atomic E-state index is 14.7. The van der Waals surface area contributed by atoms with Crippen molar-refractivity contribution >= 4 is 22.2 Å². The highest BCUT2D eigenvalue weighted by molar-refractivity contribution is 5.83. The van der Waals surface area contributed by atoms with Crippen LogP contribution in [0.5, 0.6) is 5.75 Å². The van der Waals surface area contributed by atoms with Crippen molar-refractivity contribution in [3.8, 4) is 11.6 Å². The van der Waals surface area contributed by atoms with E-state index in [4.69, 9.17) is 9.72 Å². The third-order valence-corrected chi connectivity index (χ3v) is 7.35.